The molecule has 1 aliphatic carbocycles. The molecule has 1 aromatic carbocycles. The van der Waals surface area contributed by atoms with E-state index in [9.17, 15) is 5.11 Å². The Morgan fingerprint density at radius 2 is 1.95 bits per heavy atom. The van der Waals surface area contributed by atoms with E-state index in [1.165, 1.54) is 24.9 Å². The first-order valence-electron chi connectivity index (χ1n) is 8.38. The van der Waals surface area contributed by atoms with E-state index in [-0.39, 0.29) is 12.1 Å². The quantitative estimate of drug-likeness (QED) is 0.695. The summed E-state index contributed by atoms with van der Waals surface area (Å²) in [6.07, 6.45) is 3.91. The number of rotatable bonds is 10. The molecular formula is C18H30N2O. The molecule has 0 spiro atoms. The van der Waals surface area contributed by atoms with Crippen LogP contribution in [0.2, 0.25) is 0 Å². The average Bonchev–Trinajstić information content (AvgIpc) is 3.32. The lowest BCUT2D eigenvalue weighted by Gasteiger charge is -2.38. The second-order valence-electron chi connectivity index (χ2n) is 6.32. The van der Waals surface area contributed by atoms with Crippen molar-refractivity contribution in [2.24, 2.45) is 5.92 Å². The molecular weight excluding hydrogens is 260 g/mol. The SMILES string of the molecule is CCCN(CC1CC1)CC(CO)(NCC)c1ccccc1. The van der Waals surface area contributed by atoms with E-state index in [0.29, 0.717) is 0 Å². The number of nitrogens with zero attached hydrogens (tertiary/aromatic N) is 1. The Bertz CT molecular complexity index is 405. The van der Waals surface area contributed by atoms with E-state index in [4.69, 9.17) is 0 Å². The molecule has 3 heteroatoms. The van der Waals surface area contributed by atoms with Crippen molar-refractivity contribution in [1.29, 1.82) is 0 Å². The van der Waals surface area contributed by atoms with Crippen molar-refractivity contribution in [2.45, 2.75) is 38.6 Å². The summed E-state index contributed by atoms with van der Waals surface area (Å²) in [5.74, 6) is 0.880. The van der Waals surface area contributed by atoms with Gasteiger partial charge in [-0.3, -0.25) is 0 Å². The van der Waals surface area contributed by atoms with Gasteiger partial charge in [0.25, 0.3) is 0 Å². The predicted octanol–water partition coefficient (Wildman–Crippen LogP) is 2.61. The number of benzene rings is 1. The summed E-state index contributed by atoms with van der Waals surface area (Å²) in [7, 11) is 0. The second-order valence-corrected chi connectivity index (χ2v) is 6.32. The second kappa shape index (κ2) is 7.92. The first kappa shape index (κ1) is 16.5. The van der Waals surface area contributed by atoms with Crippen molar-refractivity contribution in [3.05, 3.63) is 35.9 Å². The van der Waals surface area contributed by atoms with Gasteiger partial charge < -0.3 is 15.3 Å². The van der Waals surface area contributed by atoms with Crippen molar-refractivity contribution in [3.63, 3.8) is 0 Å². The zero-order chi connectivity index (χ0) is 15.1. The molecule has 118 valence electrons. The Morgan fingerprint density at radius 3 is 2.48 bits per heavy atom. The van der Waals surface area contributed by atoms with Gasteiger partial charge in [0.1, 0.15) is 0 Å². The van der Waals surface area contributed by atoms with Crippen molar-refractivity contribution < 1.29 is 5.11 Å². The minimum atomic E-state index is -0.347. The van der Waals surface area contributed by atoms with Crippen molar-refractivity contribution in [3.8, 4) is 0 Å². The number of nitrogens with one attached hydrogen (secondary N) is 1. The molecule has 1 aliphatic rings. The molecule has 0 aliphatic heterocycles. The molecule has 1 atom stereocenters. The van der Waals surface area contributed by atoms with Crippen LogP contribution in [0.5, 0.6) is 0 Å². The Kier molecular flexibility index (Phi) is 6.22. The van der Waals surface area contributed by atoms with Gasteiger partial charge in [-0.25, -0.2) is 0 Å². The summed E-state index contributed by atoms with van der Waals surface area (Å²) >= 11 is 0. The van der Waals surface area contributed by atoms with Crippen LogP contribution in [0.4, 0.5) is 0 Å². The molecule has 0 bridgehead atoms. The first-order valence-corrected chi connectivity index (χ1v) is 8.38. The predicted molar refractivity (Wildman–Crippen MR) is 88.3 cm³/mol. The van der Waals surface area contributed by atoms with Crippen LogP contribution < -0.4 is 5.32 Å². The first-order chi connectivity index (χ1) is 10.2. The number of hydrogen-bond donors (Lipinski definition) is 2. The standard InChI is InChI=1S/C18H30N2O/c1-3-12-20(13-16-10-11-16)14-18(15-21,19-4-2)17-8-6-5-7-9-17/h5-9,16,19,21H,3-4,10-15H2,1-2H3. The Morgan fingerprint density at radius 1 is 1.24 bits per heavy atom. The minimum Gasteiger partial charge on any atom is -0.394 e. The van der Waals surface area contributed by atoms with Crippen LogP contribution in [0.15, 0.2) is 30.3 Å². The number of aliphatic hydroxyl groups is 1. The summed E-state index contributed by atoms with van der Waals surface area (Å²) in [6.45, 7) is 8.50. The van der Waals surface area contributed by atoms with Crippen LogP contribution in [0.1, 0.15) is 38.7 Å². The molecule has 1 saturated carbocycles. The van der Waals surface area contributed by atoms with E-state index < -0.39 is 0 Å². The van der Waals surface area contributed by atoms with Crippen LogP contribution in [0, 0.1) is 5.92 Å². The minimum absolute atomic E-state index is 0.135. The summed E-state index contributed by atoms with van der Waals surface area (Å²) in [4.78, 5) is 2.53. The molecule has 0 amide bonds. The molecule has 0 saturated heterocycles. The van der Waals surface area contributed by atoms with Crippen LogP contribution in [0.25, 0.3) is 0 Å². The van der Waals surface area contributed by atoms with Gasteiger partial charge in [-0.1, -0.05) is 44.2 Å². The molecule has 3 nitrogen and oxygen atoms in total. The number of hydrogen-bond acceptors (Lipinski definition) is 3. The van der Waals surface area contributed by atoms with Gasteiger partial charge in [0.05, 0.1) is 12.1 Å². The fraction of sp³-hybridized carbons (Fsp3) is 0.667. The molecule has 0 radical (unpaired) electrons. The lowest BCUT2D eigenvalue weighted by molar-refractivity contribution is 0.105. The third kappa shape index (κ3) is 4.53. The van der Waals surface area contributed by atoms with Crippen molar-refractivity contribution in [2.75, 3.05) is 32.8 Å². The van der Waals surface area contributed by atoms with Crippen LogP contribution in [-0.2, 0) is 5.54 Å². The molecule has 21 heavy (non-hydrogen) atoms. The maximum Gasteiger partial charge on any atom is 0.0797 e. The van der Waals surface area contributed by atoms with Gasteiger partial charge >= 0.3 is 0 Å². The number of aliphatic hydroxyl groups excluding tert-OH is 1. The molecule has 1 unspecified atom stereocenters. The normalized spacial score (nSPS) is 17.9. The van der Waals surface area contributed by atoms with E-state index in [1.807, 2.05) is 6.07 Å². The van der Waals surface area contributed by atoms with Gasteiger partial charge in [0.15, 0.2) is 0 Å². The average molecular weight is 290 g/mol. The van der Waals surface area contributed by atoms with Crippen molar-refractivity contribution in [1.82, 2.24) is 10.2 Å². The van der Waals surface area contributed by atoms with Crippen LogP contribution in [-0.4, -0.2) is 42.8 Å². The number of likely N-dealkylation sites (N-methyl/N-ethyl adjacent to an activating group) is 1. The lowest BCUT2D eigenvalue weighted by Crippen LogP contribution is -2.54. The van der Waals surface area contributed by atoms with E-state index in [0.717, 1.165) is 32.0 Å². The highest BCUT2D eigenvalue weighted by Gasteiger charge is 2.34. The van der Waals surface area contributed by atoms with E-state index in [2.05, 4.69) is 48.3 Å². The highest BCUT2D eigenvalue weighted by atomic mass is 16.3. The van der Waals surface area contributed by atoms with Gasteiger partial charge in [0.2, 0.25) is 0 Å². The zero-order valence-corrected chi connectivity index (χ0v) is 13.5. The van der Waals surface area contributed by atoms with Crippen LogP contribution in [0.3, 0.4) is 0 Å². The molecule has 2 rings (SSSR count). The summed E-state index contributed by atoms with van der Waals surface area (Å²) in [5, 5.41) is 13.7. The summed E-state index contributed by atoms with van der Waals surface area (Å²) < 4.78 is 0. The maximum absolute atomic E-state index is 10.1. The summed E-state index contributed by atoms with van der Waals surface area (Å²) in [6, 6.07) is 10.4. The largest absolute Gasteiger partial charge is 0.394 e. The van der Waals surface area contributed by atoms with Gasteiger partial charge in [0, 0.05) is 13.1 Å². The summed E-state index contributed by atoms with van der Waals surface area (Å²) in [5.41, 5.74) is 0.839. The fourth-order valence-electron chi connectivity index (χ4n) is 3.14. The van der Waals surface area contributed by atoms with Crippen LogP contribution >= 0.6 is 0 Å². The maximum atomic E-state index is 10.1. The van der Waals surface area contributed by atoms with Gasteiger partial charge in [-0.15, -0.1) is 0 Å². The Balaban J connectivity index is 2.16. The molecule has 0 aromatic heterocycles. The highest BCUT2D eigenvalue weighted by Crippen LogP contribution is 2.31. The van der Waals surface area contributed by atoms with Gasteiger partial charge in [-0.05, 0) is 43.8 Å². The topological polar surface area (TPSA) is 35.5 Å². The lowest BCUT2D eigenvalue weighted by atomic mass is 9.89. The third-order valence-electron chi connectivity index (χ3n) is 4.36. The van der Waals surface area contributed by atoms with Gasteiger partial charge in [-0.2, -0.15) is 0 Å². The molecule has 0 heterocycles. The van der Waals surface area contributed by atoms with Crippen molar-refractivity contribution >= 4 is 0 Å². The van der Waals surface area contributed by atoms with E-state index in [1.54, 1.807) is 0 Å². The molecule has 2 N–H and O–H groups in total. The monoisotopic (exact) mass is 290 g/mol. The fourth-order valence-corrected chi connectivity index (χ4v) is 3.14. The zero-order valence-electron chi connectivity index (χ0n) is 13.5. The molecule has 1 fully saturated rings. The Labute approximate surface area is 129 Å². The third-order valence-corrected chi connectivity index (χ3v) is 4.36. The Hall–Kier alpha value is -0.900. The highest BCUT2D eigenvalue weighted by molar-refractivity contribution is 5.25. The van der Waals surface area contributed by atoms with E-state index >= 15 is 0 Å². The smallest absolute Gasteiger partial charge is 0.0797 e. The molecule has 1 aromatic rings.